The molecule has 0 atom stereocenters. The van der Waals surface area contributed by atoms with Crippen LogP contribution in [-0.2, 0) is 0 Å². The highest BCUT2D eigenvalue weighted by Crippen LogP contribution is 2.18. The van der Waals surface area contributed by atoms with E-state index < -0.39 is 0 Å². The number of hydrogen-bond donors (Lipinski definition) is 1. The highest BCUT2D eigenvalue weighted by atomic mass is 16.5. The van der Waals surface area contributed by atoms with Gasteiger partial charge in [0.05, 0.1) is 0 Å². The van der Waals surface area contributed by atoms with Crippen molar-refractivity contribution in [1.29, 1.82) is 0 Å². The molecule has 0 bridgehead atoms. The summed E-state index contributed by atoms with van der Waals surface area (Å²) in [5.74, 6) is 0.940. The van der Waals surface area contributed by atoms with Gasteiger partial charge in [-0.05, 0) is 44.6 Å². The number of ether oxygens (including phenoxy) is 1. The zero-order valence-electron chi connectivity index (χ0n) is 11.9. The van der Waals surface area contributed by atoms with Crippen molar-refractivity contribution in [2.45, 2.75) is 18.9 Å². The van der Waals surface area contributed by atoms with Gasteiger partial charge in [-0.25, -0.2) is 0 Å². The van der Waals surface area contributed by atoms with Gasteiger partial charge in [0.2, 0.25) is 0 Å². The zero-order chi connectivity index (χ0) is 13.5. The van der Waals surface area contributed by atoms with Crippen molar-refractivity contribution in [1.82, 2.24) is 10.2 Å². The first-order chi connectivity index (χ1) is 9.24. The molecule has 0 heterocycles. The summed E-state index contributed by atoms with van der Waals surface area (Å²) >= 11 is 0. The smallest absolute Gasteiger partial charge is 0.119 e. The van der Waals surface area contributed by atoms with Crippen LogP contribution in [0.3, 0.4) is 0 Å². The minimum atomic E-state index is 0.730. The highest BCUT2D eigenvalue weighted by molar-refractivity contribution is 5.50. The number of benzene rings is 1. The molecule has 0 unspecified atom stereocenters. The summed E-state index contributed by atoms with van der Waals surface area (Å²) in [5, 5.41) is 3.46. The van der Waals surface area contributed by atoms with Crippen molar-refractivity contribution in [2.75, 3.05) is 33.8 Å². The SMILES string of the molecule is CN(C)CCOc1ccc(C=CCNC2CC2)cc1. The topological polar surface area (TPSA) is 24.5 Å². The Morgan fingerprint density at radius 2 is 2.00 bits per heavy atom. The van der Waals surface area contributed by atoms with Crippen LogP contribution in [0.15, 0.2) is 30.3 Å². The first-order valence-electron chi connectivity index (χ1n) is 7.01. The second-order valence-corrected chi connectivity index (χ2v) is 5.31. The molecule has 1 aromatic rings. The predicted octanol–water partition coefficient (Wildman–Crippen LogP) is 2.39. The molecule has 1 fully saturated rings. The fraction of sp³-hybridized carbons (Fsp3) is 0.500. The average molecular weight is 260 g/mol. The van der Waals surface area contributed by atoms with Crippen LogP contribution in [0, 0.1) is 0 Å². The van der Waals surface area contributed by atoms with Crippen LogP contribution >= 0.6 is 0 Å². The molecule has 1 N–H and O–H groups in total. The number of nitrogens with one attached hydrogen (secondary N) is 1. The Balaban J connectivity index is 1.70. The minimum Gasteiger partial charge on any atom is -0.492 e. The van der Waals surface area contributed by atoms with E-state index in [0.29, 0.717) is 0 Å². The molecule has 3 heteroatoms. The van der Waals surface area contributed by atoms with E-state index in [9.17, 15) is 0 Å². The molecule has 1 aliphatic carbocycles. The summed E-state index contributed by atoms with van der Waals surface area (Å²) in [6, 6.07) is 9.03. The lowest BCUT2D eigenvalue weighted by Gasteiger charge is -2.10. The van der Waals surface area contributed by atoms with Crippen molar-refractivity contribution < 1.29 is 4.74 Å². The zero-order valence-corrected chi connectivity index (χ0v) is 11.9. The van der Waals surface area contributed by atoms with E-state index in [-0.39, 0.29) is 0 Å². The quantitative estimate of drug-likeness (QED) is 0.777. The van der Waals surface area contributed by atoms with Gasteiger partial charge in [-0.15, -0.1) is 0 Å². The molecule has 0 saturated heterocycles. The molecule has 0 amide bonds. The molecule has 1 aromatic carbocycles. The van der Waals surface area contributed by atoms with Crippen molar-refractivity contribution in [2.24, 2.45) is 0 Å². The average Bonchev–Trinajstić information content (AvgIpc) is 3.20. The number of rotatable bonds is 8. The Morgan fingerprint density at radius 1 is 1.26 bits per heavy atom. The van der Waals surface area contributed by atoms with Gasteiger partial charge in [-0.3, -0.25) is 0 Å². The summed E-state index contributed by atoms with van der Waals surface area (Å²) in [5.41, 5.74) is 1.22. The molecule has 0 aromatic heterocycles. The van der Waals surface area contributed by atoms with E-state index in [1.54, 1.807) is 0 Å². The predicted molar refractivity (Wildman–Crippen MR) is 80.5 cm³/mol. The molecule has 104 valence electrons. The van der Waals surface area contributed by atoms with Crippen LogP contribution in [0.5, 0.6) is 5.75 Å². The standard InChI is InChI=1S/C16H24N2O/c1-18(2)12-13-19-16-9-5-14(6-10-16)4-3-11-17-15-7-8-15/h3-6,9-10,15,17H,7-8,11-13H2,1-2H3. The lowest BCUT2D eigenvalue weighted by Crippen LogP contribution is -2.19. The van der Waals surface area contributed by atoms with Crippen LogP contribution in [0.2, 0.25) is 0 Å². The largest absolute Gasteiger partial charge is 0.492 e. The third kappa shape index (κ3) is 5.90. The Morgan fingerprint density at radius 3 is 2.63 bits per heavy atom. The van der Waals surface area contributed by atoms with Crippen molar-refractivity contribution in [3.63, 3.8) is 0 Å². The van der Waals surface area contributed by atoms with Gasteiger partial charge < -0.3 is 15.0 Å². The molecule has 0 radical (unpaired) electrons. The number of hydrogen-bond acceptors (Lipinski definition) is 3. The number of likely N-dealkylation sites (N-methyl/N-ethyl adjacent to an activating group) is 1. The maximum absolute atomic E-state index is 5.66. The van der Waals surface area contributed by atoms with Crippen LogP contribution in [-0.4, -0.2) is 44.7 Å². The minimum absolute atomic E-state index is 0.730. The van der Waals surface area contributed by atoms with Gasteiger partial charge in [-0.1, -0.05) is 24.3 Å². The van der Waals surface area contributed by atoms with Crippen LogP contribution in [0.1, 0.15) is 18.4 Å². The maximum Gasteiger partial charge on any atom is 0.119 e. The highest BCUT2D eigenvalue weighted by Gasteiger charge is 2.18. The molecule has 0 aliphatic heterocycles. The van der Waals surface area contributed by atoms with E-state index in [1.165, 1.54) is 18.4 Å². The van der Waals surface area contributed by atoms with E-state index in [2.05, 4.69) is 34.5 Å². The van der Waals surface area contributed by atoms with Gasteiger partial charge >= 0.3 is 0 Å². The van der Waals surface area contributed by atoms with E-state index in [0.717, 1.165) is 31.5 Å². The molecule has 1 aliphatic rings. The summed E-state index contributed by atoms with van der Waals surface area (Å²) in [7, 11) is 4.10. The lowest BCUT2D eigenvalue weighted by atomic mass is 10.2. The Labute approximate surface area is 116 Å². The van der Waals surface area contributed by atoms with E-state index in [4.69, 9.17) is 4.74 Å². The summed E-state index contributed by atoms with van der Waals surface area (Å²) in [4.78, 5) is 2.12. The van der Waals surface area contributed by atoms with Crippen molar-refractivity contribution in [3.05, 3.63) is 35.9 Å². The first-order valence-corrected chi connectivity index (χ1v) is 7.01. The van der Waals surface area contributed by atoms with Gasteiger partial charge in [-0.2, -0.15) is 0 Å². The molecular weight excluding hydrogens is 236 g/mol. The van der Waals surface area contributed by atoms with Crippen LogP contribution in [0.4, 0.5) is 0 Å². The third-order valence-electron chi connectivity index (χ3n) is 3.10. The van der Waals surface area contributed by atoms with Gasteiger partial charge in [0, 0.05) is 19.1 Å². The number of nitrogens with zero attached hydrogens (tertiary/aromatic N) is 1. The van der Waals surface area contributed by atoms with Crippen molar-refractivity contribution in [3.8, 4) is 5.75 Å². The van der Waals surface area contributed by atoms with Crippen LogP contribution < -0.4 is 10.1 Å². The van der Waals surface area contributed by atoms with Crippen molar-refractivity contribution >= 4 is 6.08 Å². The van der Waals surface area contributed by atoms with Gasteiger partial charge in [0.15, 0.2) is 0 Å². The molecule has 0 spiro atoms. The van der Waals surface area contributed by atoms with Gasteiger partial charge in [0.25, 0.3) is 0 Å². The summed E-state index contributed by atoms with van der Waals surface area (Å²) in [6.07, 6.45) is 7.01. The molecule has 3 nitrogen and oxygen atoms in total. The fourth-order valence-corrected chi connectivity index (χ4v) is 1.74. The second-order valence-electron chi connectivity index (χ2n) is 5.31. The normalized spacial score (nSPS) is 15.3. The first kappa shape index (κ1) is 14.1. The Kier molecular flexibility index (Phi) is 5.43. The molecule has 19 heavy (non-hydrogen) atoms. The van der Waals surface area contributed by atoms with E-state index >= 15 is 0 Å². The molecular formula is C16H24N2O. The second kappa shape index (κ2) is 7.31. The molecule has 2 rings (SSSR count). The third-order valence-corrected chi connectivity index (χ3v) is 3.10. The van der Waals surface area contributed by atoms with E-state index in [1.807, 2.05) is 26.2 Å². The van der Waals surface area contributed by atoms with Gasteiger partial charge in [0.1, 0.15) is 12.4 Å². The maximum atomic E-state index is 5.66. The fourth-order valence-electron chi connectivity index (χ4n) is 1.74. The lowest BCUT2D eigenvalue weighted by molar-refractivity contribution is 0.261. The molecule has 1 saturated carbocycles. The monoisotopic (exact) mass is 260 g/mol. The summed E-state index contributed by atoms with van der Waals surface area (Å²) in [6.45, 7) is 2.63. The summed E-state index contributed by atoms with van der Waals surface area (Å²) < 4.78 is 5.66. The van der Waals surface area contributed by atoms with Crippen LogP contribution in [0.25, 0.3) is 6.08 Å². The Hall–Kier alpha value is -1.32. The Bertz CT molecular complexity index is 394.